The third-order valence-corrected chi connectivity index (χ3v) is 3.33. The van der Waals surface area contributed by atoms with Gasteiger partial charge in [-0.05, 0) is 6.07 Å². The molecule has 1 atom stereocenters. The number of nitro groups is 1. The highest BCUT2D eigenvalue weighted by atomic mass is 80.0. The van der Waals surface area contributed by atoms with Crippen LogP contribution in [0.15, 0.2) is 23.0 Å². The van der Waals surface area contributed by atoms with Gasteiger partial charge < -0.3 is 4.42 Å². The average Bonchev–Trinajstić information content (AvgIpc) is 2.49. The molecule has 0 fully saturated rings. The molecule has 4 nitrogen and oxygen atoms in total. The first-order chi connectivity index (χ1) is 6.41. The second-order valence-corrected chi connectivity index (χ2v) is 9.61. The highest BCUT2D eigenvalue weighted by Gasteiger charge is 2.36. The maximum Gasteiger partial charge on any atom is 0.213 e. The van der Waals surface area contributed by atoms with Crippen LogP contribution in [-0.4, -0.2) is 13.6 Å². The predicted octanol–water partition coefficient (Wildman–Crippen LogP) is 3.48. The molecular weight excluding hydrogens is 386 g/mol. The predicted molar refractivity (Wildman–Crippen MR) is 62.8 cm³/mol. The van der Waals surface area contributed by atoms with Crippen molar-refractivity contribution in [1.29, 1.82) is 0 Å². The molecule has 0 bridgehead atoms. The smallest absolute Gasteiger partial charge is 0.213 e. The van der Waals surface area contributed by atoms with Gasteiger partial charge in [0.25, 0.3) is 0 Å². The van der Waals surface area contributed by atoms with E-state index in [0.717, 1.165) is 5.56 Å². The van der Waals surface area contributed by atoms with Gasteiger partial charge in [-0.2, -0.15) is 0 Å². The van der Waals surface area contributed by atoms with Gasteiger partial charge in [-0.1, -0.05) is 47.8 Å². The molecule has 1 rings (SSSR count). The lowest BCUT2D eigenvalue weighted by Gasteiger charge is -2.20. The molecule has 7 heteroatoms. The lowest BCUT2D eigenvalue weighted by Crippen LogP contribution is -2.23. The van der Waals surface area contributed by atoms with Crippen LogP contribution in [0.25, 0.3) is 0 Å². The van der Waals surface area contributed by atoms with E-state index in [-0.39, 0.29) is 17.4 Å². The highest BCUT2D eigenvalue weighted by Crippen LogP contribution is 2.46. The second-order valence-electron chi connectivity index (χ2n) is 2.67. The molecule has 0 N–H and O–H groups in total. The number of hydrogen-bond donors (Lipinski definition) is 0. The summed E-state index contributed by atoms with van der Waals surface area (Å²) in [6, 6.07) is 1.70. The van der Waals surface area contributed by atoms with E-state index in [1.54, 1.807) is 6.07 Å². The lowest BCUT2D eigenvalue weighted by molar-refractivity contribution is -0.483. The Morgan fingerprint density at radius 2 is 2.21 bits per heavy atom. The molecule has 78 valence electrons. The zero-order chi connectivity index (χ0) is 10.8. The largest absolute Gasteiger partial charge is 0.472 e. The van der Waals surface area contributed by atoms with E-state index in [2.05, 4.69) is 47.8 Å². The molecular formula is C7H6Br3NO3. The summed E-state index contributed by atoms with van der Waals surface area (Å²) in [5.74, 6) is -0.351. The fourth-order valence-electron chi connectivity index (χ4n) is 1.02. The molecule has 1 heterocycles. The first-order valence-corrected chi connectivity index (χ1v) is 6.00. The zero-order valence-electron chi connectivity index (χ0n) is 6.82. The molecule has 0 aliphatic carbocycles. The van der Waals surface area contributed by atoms with Crippen molar-refractivity contribution >= 4 is 47.8 Å². The minimum atomic E-state index is -0.691. The molecule has 0 amide bonds. The molecule has 1 aromatic rings. The van der Waals surface area contributed by atoms with E-state index in [1.165, 1.54) is 12.5 Å². The van der Waals surface area contributed by atoms with Gasteiger partial charge >= 0.3 is 0 Å². The maximum atomic E-state index is 10.5. The van der Waals surface area contributed by atoms with E-state index < -0.39 is 2.14 Å². The summed E-state index contributed by atoms with van der Waals surface area (Å²) in [5.41, 5.74) is 0.757. The Bertz CT molecular complexity index is 306. The van der Waals surface area contributed by atoms with Gasteiger partial charge in [0.2, 0.25) is 6.54 Å². The Morgan fingerprint density at radius 3 is 2.57 bits per heavy atom. The number of alkyl halides is 3. The van der Waals surface area contributed by atoms with Crippen molar-refractivity contribution < 1.29 is 9.34 Å². The quantitative estimate of drug-likeness (QED) is 0.450. The molecule has 1 aromatic heterocycles. The van der Waals surface area contributed by atoms with Crippen LogP contribution >= 0.6 is 47.8 Å². The van der Waals surface area contributed by atoms with Crippen LogP contribution < -0.4 is 0 Å². The van der Waals surface area contributed by atoms with Crippen LogP contribution in [0.4, 0.5) is 0 Å². The molecule has 0 spiro atoms. The second kappa shape index (κ2) is 4.76. The fourth-order valence-corrected chi connectivity index (χ4v) is 2.25. The molecule has 0 saturated carbocycles. The summed E-state index contributed by atoms with van der Waals surface area (Å²) in [6.07, 6.45) is 2.98. The van der Waals surface area contributed by atoms with Gasteiger partial charge in [0, 0.05) is 10.5 Å². The number of rotatable bonds is 3. The van der Waals surface area contributed by atoms with Crippen molar-refractivity contribution in [2.24, 2.45) is 0 Å². The van der Waals surface area contributed by atoms with Gasteiger partial charge in [-0.3, -0.25) is 10.1 Å². The molecule has 0 saturated heterocycles. The molecule has 0 aliphatic heterocycles. The minimum absolute atomic E-state index is 0.193. The summed E-state index contributed by atoms with van der Waals surface area (Å²) in [4.78, 5) is 10.1. The van der Waals surface area contributed by atoms with E-state index in [9.17, 15) is 10.1 Å². The van der Waals surface area contributed by atoms with Crippen LogP contribution in [0, 0.1) is 10.1 Å². The van der Waals surface area contributed by atoms with Crippen molar-refractivity contribution in [3.05, 3.63) is 34.3 Å². The summed E-state index contributed by atoms with van der Waals surface area (Å²) in [6.45, 7) is -0.193. The van der Waals surface area contributed by atoms with Crippen molar-refractivity contribution in [2.45, 2.75) is 8.06 Å². The van der Waals surface area contributed by atoms with Crippen LogP contribution in [0.3, 0.4) is 0 Å². The van der Waals surface area contributed by atoms with E-state index >= 15 is 0 Å². The SMILES string of the molecule is O=[N+]([O-])CC(c1ccoc1)C(Br)(Br)Br. The average molecular weight is 392 g/mol. The standard InChI is InChI=1S/C7H6Br3NO3/c8-7(9,10)6(3-11(12)13)5-1-2-14-4-5/h1-2,4,6H,3H2. The Kier molecular flexibility index (Phi) is 4.15. The van der Waals surface area contributed by atoms with Gasteiger partial charge in [0.1, 0.15) is 2.14 Å². The van der Waals surface area contributed by atoms with Gasteiger partial charge in [0.05, 0.1) is 18.4 Å². The van der Waals surface area contributed by atoms with E-state index in [0.29, 0.717) is 0 Å². The van der Waals surface area contributed by atoms with Gasteiger partial charge in [-0.25, -0.2) is 0 Å². The zero-order valence-corrected chi connectivity index (χ0v) is 11.6. The Hall–Kier alpha value is 0.120. The molecule has 0 aliphatic rings. The lowest BCUT2D eigenvalue weighted by atomic mass is 10.1. The molecule has 0 radical (unpaired) electrons. The van der Waals surface area contributed by atoms with E-state index in [4.69, 9.17) is 4.42 Å². The van der Waals surface area contributed by atoms with Crippen LogP contribution in [0.2, 0.25) is 0 Å². The van der Waals surface area contributed by atoms with Crippen molar-refractivity contribution in [2.75, 3.05) is 6.54 Å². The Labute approximate surface area is 106 Å². The Balaban J connectivity index is 2.89. The maximum absolute atomic E-state index is 10.5. The third-order valence-electron chi connectivity index (χ3n) is 1.67. The summed E-state index contributed by atoms with van der Waals surface area (Å²) in [5, 5.41) is 10.5. The first-order valence-electron chi connectivity index (χ1n) is 3.62. The Morgan fingerprint density at radius 1 is 1.57 bits per heavy atom. The number of halogens is 3. The highest BCUT2D eigenvalue weighted by molar-refractivity contribution is 9.39. The molecule has 14 heavy (non-hydrogen) atoms. The number of hydrogen-bond acceptors (Lipinski definition) is 3. The summed E-state index contributed by atoms with van der Waals surface area (Å²) in [7, 11) is 0. The fraction of sp³-hybridized carbons (Fsp3) is 0.429. The minimum Gasteiger partial charge on any atom is -0.472 e. The topological polar surface area (TPSA) is 56.3 Å². The van der Waals surface area contributed by atoms with Gasteiger partial charge in [0.15, 0.2) is 0 Å². The van der Waals surface area contributed by atoms with Crippen LogP contribution in [0.5, 0.6) is 0 Å². The van der Waals surface area contributed by atoms with E-state index in [1.807, 2.05) is 0 Å². The first kappa shape index (κ1) is 12.2. The summed E-state index contributed by atoms with van der Waals surface area (Å²) < 4.78 is 4.20. The monoisotopic (exact) mass is 389 g/mol. The third kappa shape index (κ3) is 3.36. The van der Waals surface area contributed by atoms with Crippen molar-refractivity contribution in [3.8, 4) is 0 Å². The number of nitrogens with zero attached hydrogens (tertiary/aromatic N) is 1. The molecule has 1 unspecified atom stereocenters. The normalized spacial score (nSPS) is 13.9. The van der Waals surface area contributed by atoms with Gasteiger partial charge in [-0.15, -0.1) is 0 Å². The van der Waals surface area contributed by atoms with Crippen molar-refractivity contribution in [1.82, 2.24) is 0 Å². The molecule has 0 aromatic carbocycles. The van der Waals surface area contributed by atoms with Crippen LogP contribution in [0.1, 0.15) is 11.5 Å². The summed E-state index contributed by atoms with van der Waals surface area (Å²) >= 11 is 9.85. The van der Waals surface area contributed by atoms with Crippen LogP contribution in [-0.2, 0) is 0 Å². The van der Waals surface area contributed by atoms with Crippen molar-refractivity contribution in [3.63, 3.8) is 0 Å². The number of furan rings is 1.